The third kappa shape index (κ3) is 1.32. The fraction of sp³-hybridized carbons (Fsp3) is 0.400. The van der Waals surface area contributed by atoms with Gasteiger partial charge in [-0.3, -0.25) is 4.90 Å². The molecule has 4 nitrogen and oxygen atoms in total. The molecular formula is C10H16N4. The summed E-state index contributed by atoms with van der Waals surface area (Å²) in [7, 11) is 2.06. The summed E-state index contributed by atoms with van der Waals surface area (Å²) in [4.78, 5) is 2.18. The van der Waals surface area contributed by atoms with Gasteiger partial charge in [0.15, 0.2) is 0 Å². The van der Waals surface area contributed by atoms with E-state index in [0.29, 0.717) is 6.54 Å². The second-order valence-electron chi connectivity index (χ2n) is 3.62. The van der Waals surface area contributed by atoms with Gasteiger partial charge >= 0.3 is 0 Å². The van der Waals surface area contributed by atoms with Gasteiger partial charge in [-0.25, -0.2) is 0 Å². The lowest BCUT2D eigenvalue weighted by Crippen LogP contribution is -2.53. The maximum absolute atomic E-state index is 5.69. The molecule has 2 heterocycles. The predicted octanol–water partition coefficient (Wildman–Crippen LogP) is -0.309. The monoisotopic (exact) mass is 192 g/mol. The molecule has 76 valence electrons. The zero-order valence-corrected chi connectivity index (χ0v) is 8.38. The van der Waals surface area contributed by atoms with Crippen LogP contribution < -0.4 is 16.4 Å². The molecule has 0 saturated carbocycles. The van der Waals surface area contributed by atoms with Gasteiger partial charge in [-0.2, -0.15) is 0 Å². The van der Waals surface area contributed by atoms with Crippen molar-refractivity contribution >= 4 is 0 Å². The molecule has 0 aromatic rings. The minimum absolute atomic E-state index is 0.215. The molecule has 14 heavy (non-hydrogen) atoms. The second kappa shape index (κ2) is 3.48. The SMILES string of the molecule is C=C1C=CNC2C1=C(CN)NCN2C. The van der Waals surface area contributed by atoms with Gasteiger partial charge in [0.1, 0.15) is 6.17 Å². The van der Waals surface area contributed by atoms with E-state index in [1.165, 1.54) is 5.57 Å². The van der Waals surface area contributed by atoms with Crippen LogP contribution in [0.2, 0.25) is 0 Å². The molecule has 0 aliphatic carbocycles. The number of rotatable bonds is 1. The van der Waals surface area contributed by atoms with Gasteiger partial charge < -0.3 is 16.4 Å². The third-order valence-corrected chi connectivity index (χ3v) is 2.67. The first-order chi connectivity index (χ1) is 6.74. The predicted molar refractivity (Wildman–Crippen MR) is 57.0 cm³/mol. The van der Waals surface area contributed by atoms with Crippen LogP contribution >= 0.6 is 0 Å². The van der Waals surface area contributed by atoms with Crippen LogP contribution in [0.15, 0.2) is 35.7 Å². The summed E-state index contributed by atoms with van der Waals surface area (Å²) in [6, 6.07) is 0. The van der Waals surface area contributed by atoms with E-state index in [4.69, 9.17) is 5.73 Å². The summed E-state index contributed by atoms with van der Waals surface area (Å²) < 4.78 is 0. The van der Waals surface area contributed by atoms with Crippen molar-refractivity contribution in [1.82, 2.24) is 15.5 Å². The molecule has 4 heteroatoms. The topological polar surface area (TPSA) is 53.3 Å². The van der Waals surface area contributed by atoms with Crippen LogP contribution in [0.5, 0.6) is 0 Å². The molecule has 1 atom stereocenters. The fourth-order valence-electron chi connectivity index (χ4n) is 1.88. The van der Waals surface area contributed by atoms with Gasteiger partial charge in [0.2, 0.25) is 0 Å². The van der Waals surface area contributed by atoms with Crippen molar-refractivity contribution in [2.24, 2.45) is 5.73 Å². The van der Waals surface area contributed by atoms with E-state index >= 15 is 0 Å². The van der Waals surface area contributed by atoms with E-state index in [2.05, 4.69) is 29.2 Å². The third-order valence-electron chi connectivity index (χ3n) is 2.67. The number of nitrogens with one attached hydrogen (secondary N) is 2. The van der Waals surface area contributed by atoms with Gasteiger partial charge in [0, 0.05) is 17.8 Å². The highest BCUT2D eigenvalue weighted by molar-refractivity contribution is 5.47. The summed E-state index contributed by atoms with van der Waals surface area (Å²) in [5.41, 5.74) is 9.00. The Morgan fingerprint density at radius 2 is 2.50 bits per heavy atom. The quantitative estimate of drug-likeness (QED) is 0.533. The van der Waals surface area contributed by atoms with Crippen molar-refractivity contribution in [1.29, 1.82) is 0 Å². The number of hydrogen-bond acceptors (Lipinski definition) is 4. The van der Waals surface area contributed by atoms with Crippen LogP contribution in [0.4, 0.5) is 0 Å². The molecule has 0 bridgehead atoms. The lowest BCUT2D eigenvalue weighted by molar-refractivity contribution is 0.220. The summed E-state index contributed by atoms with van der Waals surface area (Å²) in [5.74, 6) is 0. The Kier molecular flexibility index (Phi) is 2.31. The van der Waals surface area contributed by atoms with Gasteiger partial charge in [0.05, 0.1) is 6.67 Å². The second-order valence-corrected chi connectivity index (χ2v) is 3.62. The van der Waals surface area contributed by atoms with E-state index in [1.54, 1.807) is 0 Å². The maximum Gasteiger partial charge on any atom is 0.109 e. The molecule has 0 aromatic carbocycles. The van der Waals surface area contributed by atoms with Crippen LogP contribution in [-0.4, -0.2) is 31.3 Å². The Hall–Kier alpha value is -1.26. The number of allylic oxidation sites excluding steroid dienone is 1. The van der Waals surface area contributed by atoms with Crippen LogP contribution in [0.3, 0.4) is 0 Å². The normalized spacial score (nSPS) is 27.0. The molecule has 2 aliphatic heterocycles. The van der Waals surface area contributed by atoms with Crippen molar-refractivity contribution in [3.8, 4) is 0 Å². The first kappa shape index (κ1) is 9.30. The van der Waals surface area contributed by atoms with E-state index in [1.807, 2.05) is 12.3 Å². The maximum atomic E-state index is 5.69. The largest absolute Gasteiger partial charge is 0.374 e. The highest BCUT2D eigenvalue weighted by atomic mass is 15.3. The molecule has 0 amide bonds. The Labute approximate surface area is 84.1 Å². The van der Waals surface area contributed by atoms with Crippen molar-refractivity contribution in [2.45, 2.75) is 6.17 Å². The van der Waals surface area contributed by atoms with E-state index in [9.17, 15) is 0 Å². The summed E-state index contributed by atoms with van der Waals surface area (Å²) in [6.45, 7) is 5.37. The number of likely N-dealkylation sites (N-methyl/N-ethyl adjacent to an activating group) is 1. The van der Waals surface area contributed by atoms with Gasteiger partial charge in [-0.1, -0.05) is 6.58 Å². The lowest BCUT2D eigenvalue weighted by atomic mass is 9.97. The van der Waals surface area contributed by atoms with Gasteiger partial charge in [0.25, 0.3) is 0 Å². The van der Waals surface area contributed by atoms with E-state index in [-0.39, 0.29) is 6.17 Å². The van der Waals surface area contributed by atoms with Crippen LogP contribution in [0.1, 0.15) is 0 Å². The molecule has 2 rings (SSSR count). The van der Waals surface area contributed by atoms with Crippen molar-refractivity contribution in [2.75, 3.05) is 20.3 Å². The number of nitrogens with zero attached hydrogens (tertiary/aromatic N) is 1. The lowest BCUT2D eigenvalue weighted by Gasteiger charge is -2.39. The van der Waals surface area contributed by atoms with Crippen LogP contribution in [0.25, 0.3) is 0 Å². The summed E-state index contributed by atoms with van der Waals surface area (Å²) in [6.07, 6.45) is 4.13. The number of hydrogen-bond donors (Lipinski definition) is 3. The Morgan fingerprint density at radius 3 is 3.21 bits per heavy atom. The Bertz CT molecular complexity index is 316. The molecule has 4 N–H and O–H groups in total. The average molecular weight is 192 g/mol. The molecule has 0 aromatic heterocycles. The minimum Gasteiger partial charge on any atom is -0.374 e. The van der Waals surface area contributed by atoms with Gasteiger partial charge in [-0.05, 0) is 24.9 Å². The zero-order chi connectivity index (χ0) is 10.1. The molecule has 0 radical (unpaired) electrons. The standard InChI is InChI=1S/C10H16N4/c1-7-3-4-12-10-9(7)8(5-11)13-6-14(10)2/h3-4,10,12-13H,1,5-6,11H2,2H3. The van der Waals surface area contributed by atoms with Crippen LogP contribution in [-0.2, 0) is 0 Å². The van der Waals surface area contributed by atoms with E-state index in [0.717, 1.165) is 17.9 Å². The number of fused-ring (bicyclic) bond motifs is 1. The summed E-state index contributed by atoms with van der Waals surface area (Å²) >= 11 is 0. The average Bonchev–Trinajstić information content (AvgIpc) is 2.20. The first-order valence-electron chi connectivity index (χ1n) is 4.73. The molecular weight excluding hydrogens is 176 g/mol. The molecule has 1 unspecified atom stereocenters. The molecule has 2 aliphatic rings. The number of nitrogens with two attached hydrogens (primary N) is 1. The molecule has 0 fully saturated rings. The highest BCUT2D eigenvalue weighted by Crippen LogP contribution is 2.24. The fourth-order valence-corrected chi connectivity index (χ4v) is 1.88. The Balaban J connectivity index is 2.42. The smallest absolute Gasteiger partial charge is 0.109 e. The van der Waals surface area contributed by atoms with Gasteiger partial charge in [-0.15, -0.1) is 0 Å². The minimum atomic E-state index is 0.215. The van der Waals surface area contributed by atoms with Crippen LogP contribution in [0, 0.1) is 0 Å². The van der Waals surface area contributed by atoms with E-state index < -0.39 is 0 Å². The zero-order valence-electron chi connectivity index (χ0n) is 8.38. The summed E-state index contributed by atoms with van der Waals surface area (Å²) in [5, 5.41) is 6.59. The van der Waals surface area contributed by atoms with Crippen molar-refractivity contribution < 1.29 is 0 Å². The highest BCUT2D eigenvalue weighted by Gasteiger charge is 2.28. The van der Waals surface area contributed by atoms with Crippen molar-refractivity contribution in [3.05, 3.63) is 35.7 Å². The first-order valence-corrected chi connectivity index (χ1v) is 4.73. The molecule has 0 saturated heterocycles. The Morgan fingerprint density at radius 1 is 1.71 bits per heavy atom. The molecule has 0 spiro atoms. The van der Waals surface area contributed by atoms with Crippen molar-refractivity contribution in [3.63, 3.8) is 0 Å².